The third-order valence-corrected chi connectivity index (χ3v) is 3.73. The lowest BCUT2D eigenvalue weighted by Crippen LogP contribution is -2.49. The molecule has 1 saturated heterocycles. The first-order valence-corrected chi connectivity index (χ1v) is 7.31. The maximum atomic E-state index is 11.8. The van der Waals surface area contributed by atoms with Crippen molar-refractivity contribution in [2.24, 2.45) is 11.5 Å². The molecule has 0 bridgehead atoms. The van der Waals surface area contributed by atoms with Crippen LogP contribution >= 0.6 is 0 Å². The fourth-order valence-electron chi connectivity index (χ4n) is 2.47. The van der Waals surface area contributed by atoms with Crippen molar-refractivity contribution in [2.75, 3.05) is 39.3 Å². The Hall–Kier alpha value is -1.18. The molecule has 0 aliphatic carbocycles. The number of primary amides is 1. The normalized spacial score (nSPS) is 19.3. The van der Waals surface area contributed by atoms with Crippen LogP contribution in [0.2, 0.25) is 0 Å². The van der Waals surface area contributed by atoms with Gasteiger partial charge in [-0.05, 0) is 45.8 Å². The van der Waals surface area contributed by atoms with Gasteiger partial charge in [-0.25, -0.2) is 4.79 Å². The SMILES string of the molecule is CC(C(=O)NC(N)=O)N1CCCN(CCCCN)CC1. The lowest BCUT2D eigenvalue weighted by Gasteiger charge is -2.26. The predicted octanol–water partition coefficient (Wildman–Crippen LogP) is -0.684. The van der Waals surface area contributed by atoms with Crippen LogP contribution in [0.1, 0.15) is 26.2 Å². The Morgan fingerprint density at radius 3 is 2.60 bits per heavy atom. The highest BCUT2D eigenvalue weighted by molar-refractivity contribution is 5.96. The van der Waals surface area contributed by atoms with Gasteiger partial charge in [0, 0.05) is 19.6 Å². The molecule has 1 aliphatic rings. The molecule has 1 fully saturated rings. The average Bonchev–Trinajstić information content (AvgIpc) is 2.63. The number of rotatable bonds is 6. The summed E-state index contributed by atoms with van der Waals surface area (Å²) in [4.78, 5) is 27.0. The lowest BCUT2D eigenvalue weighted by molar-refractivity contribution is -0.124. The van der Waals surface area contributed by atoms with E-state index in [0.717, 1.165) is 58.5 Å². The van der Waals surface area contributed by atoms with Gasteiger partial charge in [0.05, 0.1) is 6.04 Å². The van der Waals surface area contributed by atoms with E-state index in [4.69, 9.17) is 11.5 Å². The second-order valence-electron chi connectivity index (χ2n) is 5.26. The summed E-state index contributed by atoms with van der Waals surface area (Å²) in [5.41, 5.74) is 10.5. The monoisotopic (exact) mass is 285 g/mol. The Balaban J connectivity index is 2.38. The number of nitrogens with one attached hydrogen (secondary N) is 1. The standard InChI is InChI=1S/C13H27N5O2/c1-11(12(19)16-13(15)20)18-8-4-7-17(9-10-18)6-3-2-5-14/h11H,2-10,14H2,1H3,(H3,15,16,19,20). The zero-order valence-corrected chi connectivity index (χ0v) is 12.3. The number of urea groups is 1. The van der Waals surface area contributed by atoms with E-state index >= 15 is 0 Å². The third-order valence-electron chi connectivity index (χ3n) is 3.73. The third kappa shape index (κ3) is 5.85. The smallest absolute Gasteiger partial charge is 0.318 e. The predicted molar refractivity (Wildman–Crippen MR) is 78.1 cm³/mol. The molecule has 0 aromatic heterocycles. The largest absolute Gasteiger partial charge is 0.351 e. The van der Waals surface area contributed by atoms with Gasteiger partial charge in [0.15, 0.2) is 0 Å². The van der Waals surface area contributed by atoms with Crippen molar-refractivity contribution < 1.29 is 9.59 Å². The van der Waals surface area contributed by atoms with Gasteiger partial charge in [0.25, 0.3) is 0 Å². The number of hydrogen-bond acceptors (Lipinski definition) is 5. The minimum atomic E-state index is -0.792. The minimum Gasteiger partial charge on any atom is -0.351 e. The van der Waals surface area contributed by atoms with E-state index in [1.54, 1.807) is 0 Å². The van der Waals surface area contributed by atoms with Crippen LogP contribution < -0.4 is 16.8 Å². The van der Waals surface area contributed by atoms with E-state index in [9.17, 15) is 9.59 Å². The highest BCUT2D eigenvalue weighted by Crippen LogP contribution is 2.08. The fourth-order valence-corrected chi connectivity index (χ4v) is 2.47. The van der Waals surface area contributed by atoms with Crippen molar-refractivity contribution in [3.63, 3.8) is 0 Å². The van der Waals surface area contributed by atoms with Crippen molar-refractivity contribution in [1.82, 2.24) is 15.1 Å². The molecule has 7 heteroatoms. The van der Waals surface area contributed by atoms with Gasteiger partial charge in [-0.3, -0.25) is 15.0 Å². The summed E-state index contributed by atoms with van der Waals surface area (Å²) in [6.45, 7) is 7.29. The summed E-state index contributed by atoms with van der Waals surface area (Å²) >= 11 is 0. The first-order chi connectivity index (χ1) is 9.54. The molecular weight excluding hydrogens is 258 g/mol. The molecule has 1 unspecified atom stereocenters. The van der Waals surface area contributed by atoms with Crippen molar-refractivity contribution in [3.8, 4) is 0 Å². The molecular formula is C13H27N5O2. The summed E-state index contributed by atoms with van der Waals surface area (Å²) < 4.78 is 0. The maximum Gasteiger partial charge on any atom is 0.318 e. The van der Waals surface area contributed by atoms with Crippen LogP contribution in [0, 0.1) is 0 Å². The molecule has 0 radical (unpaired) electrons. The number of imide groups is 1. The van der Waals surface area contributed by atoms with Crippen LogP contribution in [-0.2, 0) is 4.79 Å². The Labute approximate surface area is 120 Å². The molecule has 1 atom stereocenters. The molecule has 1 heterocycles. The van der Waals surface area contributed by atoms with E-state index in [1.165, 1.54) is 0 Å². The summed E-state index contributed by atoms with van der Waals surface area (Å²) in [5.74, 6) is -0.325. The van der Waals surface area contributed by atoms with Crippen LogP contribution in [0.4, 0.5) is 4.79 Å². The molecule has 1 aliphatic heterocycles. The highest BCUT2D eigenvalue weighted by Gasteiger charge is 2.24. The van der Waals surface area contributed by atoms with Crippen LogP contribution in [0.5, 0.6) is 0 Å². The minimum absolute atomic E-state index is 0.325. The Bertz CT molecular complexity index is 324. The van der Waals surface area contributed by atoms with Crippen molar-refractivity contribution in [2.45, 2.75) is 32.2 Å². The van der Waals surface area contributed by atoms with Crippen LogP contribution in [0.25, 0.3) is 0 Å². The van der Waals surface area contributed by atoms with Gasteiger partial charge >= 0.3 is 6.03 Å². The molecule has 0 saturated carbocycles. The first-order valence-electron chi connectivity index (χ1n) is 7.31. The van der Waals surface area contributed by atoms with Crippen LogP contribution in [0.15, 0.2) is 0 Å². The Kier molecular flexibility index (Phi) is 7.50. The Morgan fingerprint density at radius 1 is 1.20 bits per heavy atom. The quantitative estimate of drug-likeness (QED) is 0.561. The van der Waals surface area contributed by atoms with E-state index in [-0.39, 0.29) is 11.9 Å². The number of nitrogens with zero attached hydrogens (tertiary/aromatic N) is 2. The van der Waals surface area contributed by atoms with E-state index in [0.29, 0.717) is 0 Å². The second-order valence-corrected chi connectivity index (χ2v) is 5.26. The molecule has 5 N–H and O–H groups in total. The number of unbranched alkanes of at least 4 members (excludes halogenated alkanes) is 1. The number of amides is 3. The Morgan fingerprint density at radius 2 is 1.95 bits per heavy atom. The van der Waals surface area contributed by atoms with E-state index in [2.05, 4.69) is 15.1 Å². The van der Waals surface area contributed by atoms with Gasteiger partial charge in [-0.1, -0.05) is 0 Å². The highest BCUT2D eigenvalue weighted by atomic mass is 16.2. The molecule has 0 aromatic carbocycles. The number of nitrogens with two attached hydrogens (primary N) is 2. The van der Waals surface area contributed by atoms with Crippen LogP contribution in [0.3, 0.4) is 0 Å². The van der Waals surface area contributed by atoms with Crippen molar-refractivity contribution >= 4 is 11.9 Å². The molecule has 0 aromatic rings. The summed E-state index contributed by atoms with van der Waals surface area (Å²) in [7, 11) is 0. The van der Waals surface area contributed by atoms with E-state index < -0.39 is 6.03 Å². The fraction of sp³-hybridized carbons (Fsp3) is 0.846. The maximum absolute atomic E-state index is 11.8. The van der Waals surface area contributed by atoms with Gasteiger partial charge in [-0.15, -0.1) is 0 Å². The second kappa shape index (κ2) is 8.89. The lowest BCUT2D eigenvalue weighted by atomic mass is 10.2. The molecule has 116 valence electrons. The van der Waals surface area contributed by atoms with Gasteiger partial charge in [0.2, 0.25) is 5.91 Å². The molecule has 1 rings (SSSR count). The number of hydrogen-bond donors (Lipinski definition) is 3. The van der Waals surface area contributed by atoms with Gasteiger partial charge < -0.3 is 16.4 Å². The topological polar surface area (TPSA) is 105 Å². The zero-order chi connectivity index (χ0) is 15.0. The van der Waals surface area contributed by atoms with E-state index in [1.807, 2.05) is 6.92 Å². The zero-order valence-electron chi connectivity index (χ0n) is 12.3. The molecule has 0 spiro atoms. The molecule has 7 nitrogen and oxygen atoms in total. The van der Waals surface area contributed by atoms with Gasteiger partial charge in [-0.2, -0.15) is 0 Å². The van der Waals surface area contributed by atoms with Gasteiger partial charge in [0.1, 0.15) is 0 Å². The van der Waals surface area contributed by atoms with Crippen molar-refractivity contribution in [3.05, 3.63) is 0 Å². The van der Waals surface area contributed by atoms with Crippen molar-refractivity contribution in [1.29, 1.82) is 0 Å². The molecule has 3 amide bonds. The summed E-state index contributed by atoms with van der Waals surface area (Å²) in [6.07, 6.45) is 3.20. The molecule has 20 heavy (non-hydrogen) atoms. The first kappa shape index (κ1) is 16.9. The van der Waals surface area contributed by atoms with Crippen LogP contribution in [-0.4, -0.2) is 67.0 Å². The number of carbonyl (C=O) groups is 2. The summed E-state index contributed by atoms with van der Waals surface area (Å²) in [5, 5.41) is 2.14. The summed E-state index contributed by atoms with van der Waals surface area (Å²) in [6, 6.07) is -1.12. The number of carbonyl (C=O) groups excluding carboxylic acids is 2. The average molecular weight is 285 g/mol.